The van der Waals surface area contributed by atoms with E-state index in [9.17, 15) is 12.8 Å². The first kappa shape index (κ1) is 16.9. The van der Waals surface area contributed by atoms with Gasteiger partial charge in [-0.1, -0.05) is 34.2 Å². The normalized spacial score (nSPS) is 23.7. The molecule has 0 spiro atoms. The molecule has 1 heterocycles. The molecule has 3 rings (SSSR count). The number of benzene rings is 1. The molecule has 1 saturated heterocycles. The van der Waals surface area contributed by atoms with Crippen LogP contribution >= 0.6 is 15.9 Å². The van der Waals surface area contributed by atoms with Crippen LogP contribution in [0, 0.1) is 17.7 Å². The van der Waals surface area contributed by atoms with Crippen molar-refractivity contribution in [1.29, 1.82) is 0 Å². The van der Waals surface area contributed by atoms with Crippen LogP contribution in [0.1, 0.15) is 19.3 Å². The zero-order chi connectivity index (χ0) is 16.4. The van der Waals surface area contributed by atoms with Crippen molar-refractivity contribution in [3.05, 3.63) is 52.8 Å². The van der Waals surface area contributed by atoms with Crippen LogP contribution in [0.15, 0.2) is 51.9 Å². The van der Waals surface area contributed by atoms with Gasteiger partial charge in [-0.05, 0) is 53.9 Å². The molecule has 23 heavy (non-hydrogen) atoms. The molecule has 1 aliphatic carbocycles. The summed E-state index contributed by atoms with van der Waals surface area (Å²) in [5, 5.41) is 0. The molecule has 124 valence electrons. The number of sulfonamides is 1. The van der Waals surface area contributed by atoms with Crippen LogP contribution in [-0.4, -0.2) is 25.8 Å². The first-order valence-electron chi connectivity index (χ1n) is 7.76. The summed E-state index contributed by atoms with van der Waals surface area (Å²) in [5.74, 6) is 0.389. The largest absolute Gasteiger partial charge is 0.243 e. The summed E-state index contributed by atoms with van der Waals surface area (Å²) in [6.07, 6.45) is 9.17. The van der Waals surface area contributed by atoms with Crippen LogP contribution in [0.2, 0.25) is 0 Å². The maximum Gasteiger partial charge on any atom is 0.243 e. The topological polar surface area (TPSA) is 37.4 Å². The van der Waals surface area contributed by atoms with Gasteiger partial charge in [0.25, 0.3) is 0 Å². The highest BCUT2D eigenvalue weighted by molar-refractivity contribution is 9.11. The number of hydrogen-bond donors (Lipinski definition) is 0. The molecule has 1 unspecified atom stereocenters. The van der Waals surface area contributed by atoms with E-state index in [0.29, 0.717) is 24.9 Å². The molecule has 1 atom stereocenters. The molecule has 0 bridgehead atoms. The van der Waals surface area contributed by atoms with Crippen molar-refractivity contribution in [2.75, 3.05) is 13.1 Å². The summed E-state index contributed by atoms with van der Waals surface area (Å²) in [5.41, 5.74) is 0. The fourth-order valence-electron chi connectivity index (χ4n) is 3.25. The number of piperidine rings is 1. The lowest BCUT2D eigenvalue weighted by Crippen LogP contribution is -2.40. The standard InChI is InChI=1S/C17H19BrFNO2S/c18-17-4-2-1-3-16(17)13-9-11-20(12-10-13)23(21,22)15-7-5-14(19)6-8-15/h1,3-8,13,16H,2,9-12H2. The molecule has 6 heteroatoms. The molecule has 1 fully saturated rings. The van der Waals surface area contributed by atoms with Crippen molar-refractivity contribution in [3.8, 4) is 0 Å². The van der Waals surface area contributed by atoms with Gasteiger partial charge >= 0.3 is 0 Å². The van der Waals surface area contributed by atoms with Gasteiger partial charge in [0.1, 0.15) is 5.82 Å². The zero-order valence-corrected chi connectivity index (χ0v) is 15.1. The van der Waals surface area contributed by atoms with Gasteiger partial charge in [0.15, 0.2) is 0 Å². The first-order chi connectivity index (χ1) is 11.0. The van der Waals surface area contributed by atoms with Crippen molar-refractivity contribution in [2.24, 2.45) is 11.8 Å². The van der Waals surface area contributed by atoms with Gasteiger partial charge in [0.2, 0.25) is 10.0 Å². The Morgan fingerprint density at radius 3 is 2.39 bits per heavy atom. The van der Waals surface area contributed by atoms with E-state index < -0.39 is 15.8 Å². The van der Waals surface area contributed by atoms with Gasteiger partial charge in [-0.3, -0.25) is 0 Å². The van der Waals surface area contributed by atoms with Crippen molar-refractivity contribution in [2.45, 2.75) is 24.2 Å². The Bertz CT molecular complexity index is 719. The molecular weight excluding hydrogens is 381 g/mol. The summed E-state index contributed by atoms with van der Waals surface area (Å²) < 4.78 is 40.9. The molecule has 1 aromatic carbocycles. The number of halogens is 2. The van der Waals surface area contributed by atoms with Crippen LogP contribution in [0.25, 0.3) is 0 Å². The maximum atomic E-state index is 13.0. The summed E-state index contributed by atoms with van der Waals surface area (Å²) in [6, 6.07) is 5.04. The number of allylic oxidation sites excluding steroid dienone is 4. The Hall–Kier alpha value is -0.980. The van der Waals surface area contributed by atoms with E-state index in [-0.39, 0.29) is 4.90 Å². The zero-order valence-electron chi connectivity index (χ0n) is 12.7. The second-order valence-electron chi connectivity index (χ2n) is 5.97. The van der Waals surface area contributed by atoms with Crippen LogP contribution in [0.3, 0.4) is 0 Å². The number of nitrogens with zero attached hydrogens (tertiary/aromatic N) is 1. The quantitative estimate of drug-likeness (QED) is 0.717. The van der Waals surface area contributed by atoms with E-state index in [2.05, 4.69) is 34.2 Å². The number of rotatable bonds is 3. The Morgan fingerprint density at radius 2 is 1.78 bits per heavy atom. The highest BCUT2D eigenvalue weighted by atomic mass is 79.9. The Balaban J connectivity index is 1.69. The van der Waals surface area contributed by atoms with Crippen molar-refractivity contribution < 1.29 is 12.8 Å². The Kier molecular flexibility index (Phi) is 5.04. The highest BCUT2D eigenvalue weighted by Crippen LogP contribution is 2.37. The molecule has 0 amide bonds. The summed E-state index contributed by atoms with van der Waals surface area (Å²) in [6.45, 7) is 1.02. The summed E-state index contributed by atoms with van der Waals surface area (Å²) in [7, 11) is -3.52. The SMILES string of the molecule is O=S(=O)(c1ccc(F)cc1)N1CCC(C2C=CCC=C2Br)CC1. The van der Waals surface area contributed by atoms with E-state index in [4.69, 9.17) is 0 Å². The maximum absolute atomic E-state index is 13.0. The lowest BCUT2D eigenvalue weighted by molar-refractivity contribution is 0.248. The second kappa shape index (κ2) is 6.87. The molecular formula is C17H19BrFNO2S. The molecule has 2 aliphatic rings. The minimum Gasteiger partial charge on any atom is -0.207 e. The highest BCUT2D eigenvalue weighted by Gasteiger charge is 2.32. The van der Waals surface area contributed by atoms with Crippen molar-refractivity contribution in [3.63, 3.8) is 0 Å². The molecule has 1 aromatic rings. The number of hydrogen-bond acceptors (Lipinski definition) is 2. The molecule has 0 N–H and O–H groups in total. The molecule has 0 radical (unpaired) electrons. The second-order valence-corrected chi connectivity index (χ2v) is 8.83. The monoisotopic (exact) mass is 399 g/mol. The van der Waals surface area contributed by atoms with E-state index >= 15 is 0 Å². The van der Waals surface area contributed by atoms with Gasteiger partial charge in [0.05, 0.1) is 4.90 Å². The Morgan fingerprint density at radius 1 is 1.13 bits per heavy atom. The van der Waals surface area contributed by atoms with Crippen LogP contribution in [0.4, 0.5) is 4.39 Å². The van der Waals surface area contributed by atoms with Crippen molar-refractivity contribution in [1.82, 2.24) is 4.31 Å². The first-order valence-corrected chi connectivity index (χ1v) is 10.00. The van der Waals surface area contributed by atoms with E-state index in [1.807, 2.05) is 0 Å². The minimum absolute atomic E-state index is 0.163. The summed E-state index contributed by atoms with van der Waals surface area (Å²) >= 11 is 3.63. The third-order valence-electron chi connectivity index (χ3n) is 4.57. The summed E-state index contributed by atoms with van der Waals surface area (Å²) in [4.78, 5) is 0.163. The van der Waals surface area contributed by atoms with Crippen molar-refractivity contribution >= 4 is 26.0 Å². The third kappa shape index (κ3) is 3.59. The van der Waals surface area contributed by atoms with Gasteiger partial charge in [-0.2, -0.15) is 4.31 Å². The minimum atomic E-state index is -3.52. The smallest absolute Gasteiger partial charge is 0.207 e. The fourth-order valence-corrected chi connectivity index (χ4v) is 5.43. The average molecular weight is 400 g/mol. The van der Waals surface area contributed by atoms with Crippen LogP contribution < -0.4 is 0 Å². The lowest BCUT2D eigenvalue weighted by atomic mass is 9.83. The van der Waals surface area contributed by atoms with Gasteiger partial charge in [-0.15, -0.1) is 0 Å². The van der Waals surface area contributed by atoms with Crippen LogP contribution in [0.5, 0.6) is 0 Å². The average Bonchev–Trinajstić information content (AvgIpc) is 2.56. The van der Waals surface area contributed by atoms with Gasteiger partial charge in [0, 0.05) is 19.0 Å². The Labute approximate surface area is 145 Å². The predicted octanol–water partition coefficient (Wildman–Crippen LogP) is 4.08. The van der Waals surface area contributed by atoms with E-state index in [1.54, 1.807) is 0 Å². The fraction of sp³-hybridized carbons (Fsp3) is 0.412. The lowest BCUT2D eigenvalue weighted by Gasteiger charge is -2.35. The molecule has 3 nitrogen and oxygen atoms in total. The van der Waals surface area contributed by atoms with Gasteiger partial charge in [-0.25, -0.2) is 12.8 Å². The molecule has 0 aromatic heterocycles. The predicted molar refractivity (Wildman–Crippen MR) is 92.1 cm³/mol. The van der Waals surface area contributed by atoms with E-state index in [1.165, 1.54) is 33.1 Å². The third-order valence-corrected chi connectivity index (χ3v) is 7.33. The van der Waals surface area contributed by atoms with E-state index in [0.717, 1.165) is 19.3 Å². The van der Waals surface area contributed by atoms with Crippen LogP contribution in [-0.2, 0) is 10.0 Å². The molecule has 1 aliphatic heterocycles. The molecule has 0 saturated carbocycles. The van der Waals surface area contributed by atoms with Gasteiger partial charge < -0.3 is 0 Å².